The van der Waals surface area contributed by atoms with Crippen molar-refractivity contribution in [1.29, 1.82) is 0 Å². The van der Waals surface area contributed by atoms with Gasteiger partial charge in [0.2, 0.25) is 0 Å². The molecule has 38 valence electrons. The maximum Gasteiger partial charge on any atom is 0.187 e. The van der Waals surface area contributed by atoms with Crippen LogP contribution in [0.25, 0.3) is 0 Å². The van der Waals surface area contributed by atoms with Crippen LogP contribution in [0.4, 0.5) is 0 Å². The molecule has 0 saturated carbocycles. The fourth-order valence-corrected chi connectivity index (χ4v) is 0. The van der Waals surface area contributed by atoms with Gasteiger partial charge in [-0.2, -0.15) is 0 Å². The maximum absolute atomic E-state index is 2.33. The normalized spacial score (nSPS) is 10.0. The molecule has 0 fully saturated rings. The zero-order valence-electron chi connectivity index (χ0n) is 4.50. The summed E-state index contributed by atoms with van der Waals surface area (Å²) in [5.74, 6) is 0. The van der Waals surface area contributed by atoms with Crippen molar-refractivity contribution >= 4 is 25.4 Å². The summed E-state index contributed by atoms with van der Waals surface area (Å²) in [4.78, 5) is 0. The second-order valence-corrected chi connectivity index (χ2v) is 9.00. The van der Waals surface area contributed by atoms with Crippen LogP contribution in [0.5, 0.6) is 0 Å². The lowest BCUT2D eigenvalue weighted by molar-refractivity contribution is 1.71. The van der Waals surface area contributed by atoms with E-state index in [0.717, 1.165) is 0 Å². The summed E-state index contributed by atoms with van der Waals surface area (Å²) in [5, 5.41) is 0. The molecule has 0 unspecified atom stereocenters. The van der Waals surface area contributed by atoms with Gasteiger partial charge in [-0.25, -0.2) is 0 Å². The first-order valence-corrected chi connectivity index (χ1v) is 6.00. The Morgan fingerprint density at radius 1 is 0.833 bits per heavy atom. The summed E-state index contributed by atoms with van der Waals surface area (Å²) >= 11 is 0. The SMILES string of the molecule is C[Si](C)(C)C.[AlH3]. The van der Waals surface area contributed by atoms with Crippen LogP contribution >= 0.6 is 0 Å². The van der Waals surface area contributed by atoms with Crippen LogP contribution in [0.1, 0.15) is 0 Å². The highest BCUT2D eigenvalue weighted by Crippen LogP contribution is 1.94. The highest BCUT2D eigenvalue weighted by Gasteiger charge is 1.99. The topological polar surface area (TPSA) is 0 Å². The van der Waals surface area contributed by atoms with E-state index in [1.165, 1.54) is 0 Å². The maximum atomic E-state index is 2.33. The molecule has 0 amide bonds. The van der Waals surface area contributed by atoms with Gasteiger partial charge < -0.3 is 0 Å². The molecule has 0 rings (SSSR count). The van der Waals surface area contributed by atoms with Gasteiger partial charge in [-0.3, -0.25) is 0 Å². The van der Waals surface area contributed by atoms with Crippen LogP contribution in [0.2, 0.25) is 26.2 Å². The second-order valence-electron chi connectivity index (χ2n) is 3.00. The van der Waals surface area contributed by atoms with Crippen molar-refractivity contribution in [3.05, 3.63) is 0 Å². The van der Waals surface area contributed by atoms with Gasteiger partial charge in [-0.1, -0.05) is 26.2 Å². The molecule has 0 N–H and O–H groups in total. The minimum Gasteiger partial charge on any atom is -0.0697 e. The average Bonchev–Trinajstić information content (AvgIpc) is 0.722. The smallest absolute Gasteiger partial charge is 0.0697 e. The molecule has 0 aliphatic rings. The number of rotatable bonds is 0. The van der Waals surface area contributed by atoms with Gasteiger partial charge in [0.1, 0.15) is 0 Å². The van der Waals surface area contributed by atoms with Gasteiger partial charge in [0, 0.05) is 8.07 Å². The first kappa shape index (κ1) is 9.89. The molecule has 6 heavy (non-hydrogen) atoms. The van der Waals surface area contributed by atoms with E-state index in [-0.39, 0.29) is 17.4 Å². The molecule has 0 aliphatic carbocycles. The number of hydrogen-bond donors (Lipinski definition) is 0. The molecule has 0 atom stereocenters. The molecule has 0 bridgehead atoms. The highest BCUT2D eigenvalue weighted by molar-refractivity contribution is 6.74. The molecule has 0 aromatic rings. The van der Waals surface area contributed by atoms with Gasteiger partial charge in [0.15, 0.2) is 17.4 Å². The minimum absolute atomic E-state index is 0. The molecule has 0 saturated heterocycles. The van der Waals surface area contributed by atoms with Crippen molar-refractivity contribution in [1.82, 2.24) is 0 Å². The minimum atomic E-state index is -0.611. The molecular formula is C4H15AlSi. The van der Waals surface area contributed by atoms with Gasteiger partial charge in [-0.15, -0.1) is 0 Å². The first-order chi connectivity index (χ1) is 2.00. The summed E-state index contributed by atoms with van der Waals surface area (Å²) in [6.07, 6.45) is 0. The summed E-state index contributed by atoms with van der Waals surface area (Å²) < 4.78 is 0. The predicted molar refractivity (Wildman–Crippen MR) is 39.1 cm³/mol. The Morgan fingerprint density at radius 3 is 0.833 bits per heavy atom. The van der Waals surface area contributed by atoms with Crippen LogP contribution in [0, 0.1) is 0 Å². The van der Waals surface area contributed by atoms with Gasteiger partial charge in [0.05, 0.1) is 0 Å². The van der Waals surface area contributed by atoms with Crippen molar-refractivity contribution in [3.8, 4) is 0 Å². The third kappa shape index (κ3) is 119. The Balaban J connectivity index is 0. The number of hydrogen-bond acceptors (Lipinski definition) is 0. The Labute approximate surface area is 52.1 Å². The van der Waals surface area contributed by atoms with Gasteiger partial charge in [0.25, 0.3) is 0 Å². The average molecular weight is 118 g/mol. The molecule has 2 heteroatoms. The summed E-state index contributed by atoms with van der Waals surface area (Å²) in [5.41, 5.74) is 0. The van der Waals surface area contributed by atoms with Gasteiger partial charge >= 0.3 is 0 Å². The molecule has 0 aromatic carbocycles. The van der Waals surface area contributed by atoms with Crippen molar-refractivity contribution in [2.24, 2.45) is 0 Å². The van der Waals surface area contributed by atoms with E-state index in [2.05, 4.69) is 26.2 Å². The first-order valence-electron chi connectivity index (χ1n) is 2.00. The van der Waals surface area contributed by atoms with Crippen molar-refractivity contribution < 1.29 is 0 Å². The van der Waals surface area contributed by atoms with Crippen molar-refractivity contribution in [3.63, 3.8) is 0 Å². The molecule has 0 heterocycles. The Kier molecular flexibility index (Phi) is 4.69. The van der Waals surface area contributed by atoms with E-state index in [1.54, 1.807) is 0 Å². The zero-order valence-corrected chi connectivity index (χ0v) is 5.50. The van der Waals surface area contributed by atoms with Crippen molar-refractivity contribution in [2.45, 2.75) is 26.2 Å². The quantitative estimate of drug-likeness (QED) is 0.412. The van der Waals surface area contributed by atoms with E-state index < -0.39 is 8.07 Å². The predicted octanol–water partition coefficient (Wildman–Crippen LogP) is 0.770. The Hall–Kier alpha value is 0.749. The molecule has 0 spiro atoms. The largest absolute Gasteiger partial charge is 0.187 e. The van der Waals surface area contributed by atoms with Crippen LogP contribution in [0.3, 0.4) is 0 Å². The lowest BCUT2D eigenvalue weighted by atomic mass is 11.8. The van der Waals surface area contributed by atoms with E-state index in [4.69, 9.17) is 0 Å². The summed E-state index contributed by atoms with van der Waals surface area (Å²) in [7, 11) is -0.611. The summed E-state index contributed by atoms with van der Waals surface area (Å²) in [6, 6.07) is 0. The standard InChI is InChI=1S/C4H12Si.Al.3H/c1-5(2,3)4;;;;/h1-4H3;;;;. The lowest BCUT2D eigenvalue weighted by Gasteiger charge is -2.01. The molecular weight excluding hydrogens is 103 g/mol. The molecule has 0 radical (unpaired) electrons. The Morgan fingerprint density at radius 2 is 0.833 bits per heavy atom. The van der Waals surface area contributed by atoms with E-state index in [0.29, 0.717) is 0 Å². The third-order valence-electron chi connectivity index (χ3n) is 0. The lowest BCUT2D eigenvalue weighted by Crippen LogP contribution is -2.10. The fourth-order valence-electron chi connectivity index (χ4n) is 0. The monoisotopic (exact) mass is 118 g/mol. The van der Waals surface area contributed by atoms with E-state index >= 15 is 0 Å². The van der Waals surface area contributed by atoms with Crippen LogP contribution < -0.4 is 0 Å². The van der Waals surface area contributed by atoms with E-state index in [9.17, 15) is 0 Å². The molecule has 0 aromatic heterocycles. The van der Waals surface area contributed by atoms with Crippen LogP contribution in [-0.4, -0.2) is 25.4 Å². The second kappa shape index (κ2) is 2.85. The van der Waals surface area contributed by atoms with Gasteiger partial charge in [-0.05, 0) is 0 Å². The third-order valence-corrected chi connectivity index (χ3v) is 0. The van der Waals surface area contributed by atoms with E-state index in [1.807, 2.05) is 0 Å². The molecule has 0 aliphatic heterocycles. The zero-order chi connectivity index (χ0) is 4.50. The molecule has 0 nitrogen and oxygen atoms in total. The van der Waals surface area contributed by atoms with Crippen LogP contribution in [-0.2, 0) is 0 Å². The van der Waals surface area contributed by atoms with Crippen LogP contribution in [0.15, 0.2) is 0 Å². The summed E-state index contributed by atoms with van der Waals surface area (Å²) in [6.45, 7) is 9.31. The van der Waals surface area contributed by atoms with Crippen molar-refractivity contribution in [2.75, 3.05) is 0 Å². The highest BCUT2D eigenvalue weighted by atomic mass is 28.3. The Bertz CT molecular complexity index is 23.0. The fraction of sp³-hybridized carbons (Fsp3) is 1.00.